The Labute approximate surface area is 177 Å². The highest BCUT2D eigenvalue weighted by Gasteiger charge is 2.11. The van der Waals surface area contributed by atoms with Gasteiger partial charge in [0.2, 0.25) is 0 Å². The maximum absolute atomic E-state index is 6.03. The van der Waals surface area contributed by atoms with Crippen LogP contribution in [0.25, 0.3) is 11.0 Å². The Balaban J connectivity index is 1.47. The molecule has 0 aliphatic carbocycles. The molecule has 0 radical (unpaired) electrons. The first kappa shape index (κ1) is 19.8. The fourth-order valence-electron chi connectivity index (χ4n) is 3.49. The number of benzene rings is 3. The van der Waals surface area contributed by atoms with Crippen molar-refractivity contribution >= 4 is 16.7 Å². The first-order valence-electron chi connectivity index (χ1n) is 10.3. The van der Waals surface area contributed by atoms with E-state index in [1.807, 2.05) is 61.5 Å². The van der Waals surface area contributed by atoms with Crippen LogP contribution in [0.15, 0.2) is 72.8 Å². The number of hydrogen-bond acceptors (Lipinski definition) is 4. The summed E-state index contributed by atoms with van der Waals surface area (Å²) in [6.07, 6.45) is 0. The SMILES string of the molecule is CCOc1ccc(NCc2nc3ccccc3n2CCOc2ccccc2C)cc1. The van der Waals surface area contributed by atoms with E-state index in [0.717, 1.165) is 46.2 Å². The zero-order valence-electron chi connectivity index (χ0n) is 17.5. The first-order chi connectivity index (χ1) is 14.7. The molecule has 0 saturated heterocycles. The Hall–Kier alpha value is -3.47. The lowest BCUT2D eigenvalue weighted by Crippen LogP contribution is -2.14. The van der Waals surface area contributed by atoms with Crippen LogP contribution in [-0.2, 0) is 13.1 Å². The van der Waals surface area contributed by atoms with Crippen LogP contribution in [0.4, 0.5) is 5.69 Å². The van der Waals surface area contributed by atoms with E-state index < -0.39 is 0 Å². The number of nitrogens with zero attached hydrogens (tertiary/aromatic N) is 2. The summed E-state index contributed by atoms with van der Waals surface area (Å²) in [6, 6.07) is 24.3. The van der Waals surface area contributed by atoms with Gasteiger partial charge in [0.25, 0.3) is 0 Å². The fraction of sp³-hybridized carbons (Fsp3) is 0.240. The lowest BCUT2D eigenvalue weighted by Gasteiger charge is -2.13. The van der Waals surface area contributed by atoms with Crippen LogP contribution in [0, 0.1) is 6.92 Å². The van der Waals surface area contributed by atoms with Gasteiger partial charge in [-0.05, 0) is 61.9 Å². The van der Waals surface area contributed by atoms with Crippen molar-refractivity contribution < 1.29 is 9.47 Å². The molecule has 1 N–H and O–H groups in total. The molecule has 1 heterocycles. The number of aromatic nitrogens is 2. The molecule has 0 unspecified atom stereocenters. The molecule has 0 amide bonds. The molecule has 0 spiro atoms. The van der Waals surface area contributed by atoms with Crippen LogP contribution >= 0.6 is 0 Å². The molecule has 3 aromatic carbocycles. The van der Waals surface area contributed by atoms with Crippen molar-refractivity contribution in [1.82, 2.24) is 9.55 Å². The summed E-state index contributed by atoms with van der Waals surface area (Å²) < 4.78 is 13.8. The molecule has 154 valence electrons. The summed E-state index contributed by atoms with van der Waals surface area (Å²) in [7, 11) is 0. The van der Waals surface area contributed by atoms with Gasteiger partial charge >= 0.3 is 0 Å². The Morgan fingerprint density at radius 1 is 0.900 bits per heavy atom. The second-order valence-corrected chi connectivity index (χ2v) is 7.09. The van der Waals surface area contributed by atoms with Gasteiger partial charge in [0, 0.05) is 5.69 Å². The zero-order valence-corrected chi connectivity index (χ0v) is 17.5. The number of rotatable bonds is 9. The quantitative estimate of drug-likeness (QED) is 0.406. The van der Waals surface area contributed by atoms with Crippen LogP contribution in [0.1, 0.15) is 18.3 Å². The molecule has 0 aliphatic heterocycles. The van der Waals surface area contributed by atoms with Crippen LogP contribution in [0.2, 0.25) is 0 Å². The van der Waals surface area contributed by atoms with E-state index in [1.165, 1.54) is 0 Å². The maximum Gasteiger partial charge on any atom is 0.129 e. The van der Waals surface area contributed by atoms with Crippen LogP contribution in [0.5, 0.6) is 11.5 Å². The van der Waals surface area contributed by atoms with Gasteiger partial charge in [0.05, 0.1) is 30.7 Å². The molecular formula is C25H27N3O2. The third kappa shape index (κ3) is 4.57. The standard InChI is InChI=1S/C25H27N3O2/c1-3-29-21-14-12-20(13-15-21)26-18-25-27-22-9-5-6-10-23(22)28(25)16-17-30-24-11-7-4-8-19(24)2/h4-15,26H,3,16-18H2,1-2H3. The number of ether oxygens (including phenoxy) is 2. The minimum atomic E-state index is 0.585. The van der Waals surface area contributed by atoms with Crippen LogP contribution in [-0.4, -0.2) is 22.8 Å². The molecule has 4 aromatic rings. The van der Waals surface area contributed by atoms with Crippen molar-refractivity contribution in [2.24, 2.45) is 0 Å². The van der Waals surface area contributed by atoms with Gasteiger partial charge in [-0.3, -0.25) is 0 Å². The van der Waals surface area contributed by atoms with E-state index in [1.54, 1.807) is 0 Å². The highest BCUT2D eigenvalue weighted by Crippen LogP contribution is 2.20. The highest BCUT2D eigenvalue weighted by atomic mass is 16.5. The van der Waals surface area contributed by atoms with Gasteiger partial charge in [-0.1, -0.05) is 30.3 Å². The minimum absolute atomic E-state index is 0.585. The highest BCUT2D eigenvalue weighted by molar-refractivity contribution is 5.76. The van der Waals surface area contributed by atoms with Gasteiger partial charge in [-0.15, -0.1) is 0 Å². The predicted octanol–water partition coefficient (Wildman–Crippen LogP) is 5.43. The van der Waals surface area contributed by atoms with E-state index in [0.29, 0.717) is 19.8 Å². The van der Waals surface area contributed by atoms with Crippen LogP contribution in [0.3, 0.4) is 0 Å². The number of hydrogen-bond donors (Lipinski definition) is 1. The molecule has 0 fully saturated rings. The molecule has 0 aliphatic rings. The minimum Gasteiger partial charge on any atom is -0.494 e. The monoisotopic (exact) mass is 401 g/mol. The Morgan fingerprint density at radius 2 is 1.67 bits per heavy atom. The van der Waals surface area contributed by atoms with Crippen molar-refractivity contribution in [3.63, 3.8) is 0 Å². The van der Waals surface area contributed by atoms with Gasteiger partial charge in [0.1, 0.15) is 23.9 Å². The second-order valence-electron chi connectivity index (χ2n) is 7.09. The van der Waals surface area contributed by atoms with E-state index in [9.17, 15) is 0 Å². The van der Waals surface area contributed by atoms with E-state index in [2.05, 4.69) is 35.0 Å². The molecule has 0 atom stereocenters. The molecule has 4 rings (SSSR count). The second kappa shape index (κ2) is 9.35. The van der Waals surface area contributed by atoms with Gasteiger partial charge in [-0.25, -0.2) is 4.98 Å². The smallest absolute Gasteiger partial charge is 0.129 e. The maximum atomic E-state index is 6.03. The zero-order chi connectivity index (χ0) is 20.8. The summed E-state index contributed by atoms with van der Waals surface area (Å²) in [6.45, 7) is 6.67. The van der Waals surface area contributed by atoms with Gasteiger partial charge in [-0.2, -0.15) is 0 Å². The average Bonchev–Trinajstić information content (AvgIpc) is 3.12. The predicted molar refractivity (Wildman–Crippen MR) is 121 cm³/mol. The first-order valence-corrected chi connectivity index (χ1v) is 10.3. The third-order valence-corrected chi connectivity index (χ3v) is 5.02. The molecule has 1 aromatic heterocycles. The van der Waals surface area contributed by atoms with E-state index in [-0.39, 0.29) is 0 Å². The van der Waals surface area contributed by atoms with Crippen molar-refractivity contribution in [3.8, 4) is 11.5 Å². The van der Waals surface area contributed by atoms with Gasteiger partial charge in [0.15, 0.2) is 0 Å². The Morgan fingerprint density at radius 3 is 2.47 bits per heavy atom. The van der Waals surface area contributed by atoms with E-state index >= 15 is 0 Å². The molecule has 0 bridgehead atoms. The lowest BCUT2D eigenvalue weighted by molar-refractivity contribution is 0.296. The number of fused-ring (bicyclic) bond motifs is 1. The van der Waals surface area contributed by atoms with Gasteiger partial charge < -0.3 is 19.4 Å². The largest absolute Gasteiger partial charge is 0.494 e. The van der Waals surface area contributed by atoms with Crippen molar-refractivity contribution in [3.05, 3.63) is 84.2 Å². The van der Waals surface area contributed by atoms with E-state index in [4.69, 9.17) is 14.5 Å². The van der Waals surface area contributed by atoms with Crippen molar-refractivity contribution in [2.45, 2.75) is 26.9 Å². The molecule has 5 nitrogen and oxygen atoms in total. The molecular weight excluding hydrogens is 374 g/mol. The number of anilines is 1. The average molecular weight is 402 g/mol. The Kier molecular flexibility index (Phi) is 6.18. The lowest BCUT2D eigenvalue weighted by atomic mass is 10.2. The summed E-state index contributed by atoms with van der Waals surface area (Å²) in [4.78, 5) is 4.84. The third-order valence-electron chi connectivity index (χ3n) is 5.02. The molecule has 5 heteroatoms. The van der Waals surface area contributed by atoms with Crippen molar-refractivity contribution in [2.75, 3.05) is 18.5 Å². The number of aryl methyl sites for hydroxylation is 1. The summed E-state index contributed by atoms with van der Waals surface area (Å²) in [5, 5.41) is 3.47. The van der Waals surface area contributed by atoms with Crippen LogP contribution < -0.4 is 14.8 Å². The Bertz CT molecular complexity index is 1100. The summed E-state index contributed by atoms with van der Waals surface area (Å²) >= 11 is 0. The number of nitrogens with one attached hydrogen (secondary N) is 1. The van der Waals surface area contributed by atoms with Crippen molar-refractivity contribution in [1.29, 1.82) is 0 Å². The normalized spacial score (nSPS) is 10.9. The number of para-hydroxylation sites is 3. The summed E-state index contributed by atoms with van der Waals surface area (Å²) in [5.74, 6) is 2.79. The molecule has 0 saturated carbocycles. The fourth-order valence-corrected chi connectivity index (χ4v) is 3.49. The molecule has 30 heavy (non-hydrogen) atoms. The topological polar surface area (TPSA) is 48.3 Å². The number of imidazole rings is 1. The summed E-state index contributed by atoms with van der Waals surface area (Å²) in [5.41, 5.74) is 4.30.